The Bertz CT molecular complexity index is 605. The zero-order chi connectivity index (χ0) is 17.7. The third-order valence-corrected chi connectivity index (χ3v) is 4.29. The van der Waals surface area contributed by atoms with E-state index >= 15 is 0 Å². The highest BCUT2D eigenvalue weighted by molar-refractivity contribution is 5.82. The first-order chi connectivity index (χ1) is 11.4. The van der Waals surface area contributed by atoms with Crippen LogP contribution in [0.1, 0.15) is 45.1 Å². The number of nitrogens with one attached hydrogen (secondary N) is 1. The van der Waals surface area contributed by atoms with Crippen LogP contribution >= 0.6 is 0 Å². The van der Waals surface area contributed by atoms with Gasteiger partial charge in [-0.25, -0.2) is 8.78 Å². The van der Waals surface area contributed by atoms with Gasteiger partial charge in [-0.05, 0) is 24.8 Å². The molecule has 0 radical (unpaired) electrons. The van der Waals surface area contributed by atoms with E-state index in [4.69, 9.17) is 0 Å². The number of likely N-dealkylation sites (tertiary alicyclic amines) is 1. The van der Waals surface area contributed by atoms with E-state index in [0.717, 1.165) is 12.5 Å². The van der Waals surface area contributed by atoms with Crippen molar-refractivity contribution in [1.82, 2.24) is 10.2 Å². The van der Waals surface area contributed by atoms with Crippen LogP contribution in [0.15, 0.2) is 18.2 Å². The lowest BCUT2D eigenvalue weighted by molar-refractivity contribution is -0.130. The first kappa shape index (κ1) is 18.4. The van der Waals surface area contributed by atoms with Gasteiger partial charge in [0, 0.05) is 37.5 Å². The molecule has 24 heavy (non-hydrogen) atoms. The predicted octanol–water partition coefficient (Wildman–Crippen LogP) is 3.01. The van der Waals surface area contributed by atoms with Crippen LogP contribution in [0, 0.1) is 17.6 Å². The predicted molar refractivity (Wildman–Crippen MR) is 87.0 cm³/mol. The van der Waals surface area contributed by atoms with Gasteiger partial charge in [-0.1, -0.05) is 26.0 Å². The summed E-state index contributed by atoms with van der Waals surface area (Å²) in [4.78, 5) is 25.6. The number of carbonyl (C=O) groups excluding carboxylic acids is 2. The highest BCUT2D eigenvalue weighted by Crippen LogP contribution is 2.25. The molecule has 1 aromatic rings. The molecule has 0 bridgehead atoms. The number of rotatable bonds is 7. The van der Waals surface area contributed by atoms with Gasteiger partial charge in [0.15, 0.2) is 11.6 Å². The molecule has 2 amide bonds. The van der Waals surface area contributed by atoms with Crippen molar-refractivity contribution in [1.29, 1.82) is 0 Å². The van der Waals surface area contributed by atoms with Crippen LogP contribution < -0.4 is 5.32 Å². The minimum atomic E-state index is -0.933. The molecule has 2 rings (SSSR count). The Morgan fingerprint density at radius 3 is 2.83 bits per heavy atom. The van der Waals surface area contributed by atoms with Crippen molar-refractivity contribution in [2.24, 2.45) is 5.92 Å². The third-order valence-electron chi connectivity index (χ3n) is 4.29. The lowest BCUT2D eigenvalue weighted by Crippen LogP contribution is -2.37. The van der Waals surface area contributed by atoms with Crippen LogP contribution in [0.25, 0.3) is 0 Å². The van der Waals surface area contributed by atoms with Crippen LogP contribution in [0.5, 0.6) is 0 Å². The fourth-order valence-electron chi connectivity index (χ4n) is 2.86. The zero-order valence-corrected chi connectivity index (χ0v) is 14.1. The molecular formula is C18H24F2N2O2. The van der Waals surface area contributed by atoms with E-state index in [1.54, 1.807) is 0 Å². The number of hydrogen-bond acceptors (Lipinski definition) is 2. The second-order valence-electron chi connectivity index (χ2n) is 6.66. The van der Waals surface area contributed by atoms with E-state index in [-0.39, 0.29) is 36.4 Å². The average molecular weight is 338 g/mol. The topological polar surface area (TPSA) is 49.4 Å². The zero-order valence-electron chi connectivity index (χ0n) is 14.1. The Kier molecular flexibility index (Phi) is 6.29. The lowest BCUT2D eigenvalue weighted by atomic mass is 10.1. The second kappa shape index (κ2) is 8.22. The summed E-state index contributed by atoms with van der Waals surface area (Å²) in [5.41, 5.74) is 0.135. The van der Waals surface area contributed by atoms with Crippen molar-refractivity contribution in [3.05, 3.63) is 35.4 Å². The maximum absolute atomic E-state index is 13.8. The van der Waals surface area contributed by atoms with Gasteiger partial charge in [0.1, 0.15) is 0 Å². The van der Waals surface area contributed by atoms with Crippen LogP contribution in [0.3, 0.4) is 0 Å². The van der Waals surface area contributed by atoms with E-state index in [1.807, 2.05) is 0 Å². The Labute approximate surface area is 141 Å². The monoisotopic (exact) mass is 338 g/mol. The molecule has 1 heterocycles. The van der Waals surface area contributed by atoms with Crippen LogP contribution in [0.2, 0.25) is 0 Å². The number of hydrogen-bond donors (Lipinski definition) is 1. The minimum Gasteiger partial charge on any atom is -0.356 e. The summed E-state index contributed by atoms with van der Waals surface area (Å²) in [7, 11) is 0. The summed E-state index contributed by atoms with van der Waals surface area (Å²) in [5.74, 6) is -1.59. The summed E-state index contributed by atoms with van der Waals surface area (Å²) < 4.78 is 27.1. The first-order valence-electron chi connectivity index (χ1n) is 8.37. The van der Waals surface area contributed by atoms with E-state index in [2.05, 4.69) is 19.2 Å². The molecule has 0 spiro atoms. The van der Waals surface area contributed by atoms with Gasteiger partial charge < -0.3 is 10.2 Å². The Morgan fingerprint density at radius 2 is 2.12 bits per heavy atom. The molecule has 0 saturated carbocycles. The van der Waals surface area contributed by atoms with Gasteiger partial charge in [0.05, 0.1) is 0 Å². The van der Waals surface area contributed by atoms with Crippen molar-refractivity contribution >= 4 is 11.8 Å². The Hall–Kier alpha value is -1.98. The summed E-state index contributed by atoms with van der Waals surface area (Å²) in [6.07, 6.45) is 1.99. The molecule has 0 aliphatic carbocycles. The summed E-state index contributed by atoms with van der Waals surface area (Å²) in [6, 6.07) is 3.66. The molecule has 1 unspecified atom stereocenters. The molecule has 1 fully saturated rings. The largest absolute Gasteiger partial charge is 0.356 e. The van der Waals surface area contributed by atoms with E-state index in [0.29, 0.717) is 25.3 Å². The number of carbonyl (C=O) groups is 2. The van der Waals surface area contributed by atoms with Gasteiger partial charge in [-0.3, -0.25) is 9.59 Å². The van der Waals surface area contributed by atoms with Crippen molar-refractivity contribution in [3.63, 3.8) is 0 Å². The van der Waals surface area contributed by atoms with Gasteiger partial charge >= 0.3 is 0 Å². The van der Waals surface area contributed by atoms with E-state index in [9.17, 15) is 18.4 Å². The molecule has 1 aromatic carbocycles. The molecule has 4 nitrogen and oxygen atoms in total. The van der Waals surface area contributed by atoms with Crippen molar-refractivity contribution in [3.8, 4) is 0 Å². The van der Waals surface area contributed by atoms with Gasteiger partial charge in [-0.15, -0.1) is 0 Å². The standard InChI is InChI=1S/C18H24F2N2O2/c1-12(2)8-9-21-16(23)10-14-6-7-17(24)22(14)11-13-4-3-5-15(19)18(13)20/h3-5,12,14H,6-11H2,1-2H3,(H,21,23). The van der Waals surface area contributed by atoms with Gasteiger partial charge in [0.25, 0.3) is 0 Å². The highest BCUT2D eigenvalue weighted by atomic mass is 19.2. The summed E-state index contributed by atoms with van der Waals surface area (Å²) in [6.45, 7) is 4.76. The molecule has 1 aliphatic heterocycles. The molecule has 1 aliphatic rings. The Balaban J connectivity index is 1.96. The molecule has 1 atom stereocenters. The normalized spacial score (nSPS) is 17.6. The third kappa shape index (κ3) is 4.76. The maximum atomic E-state index is 13.8. The fourth-order valence-corrected chi connectivity index (χ4v) is 2.86. The van der Waals surface area contributed by atoms with Gasteiger partial charge in [0.2, 0.25) is 11.8 Å². The molecule has 0 aromatic heterocycles. The summed E-state index contributed by atoms with van der Waals surface area (Å²) in [5, 5.41) is 2.85. The maximum Gasteiger partial charge on any atom is 0.223 e. The number of amides is 2. The van der Waals surface area contributed by atoms with E-state index < -0.39 is 11.6 Å². The van der Waals surface area contributed by atoms with Crippen molar-refractivity contribution in [2.45, 2.75) is 52.1 Å². The minimum absolute atomic E-state index is 0.00757. The van der Waals surface area contributed by atoms with Crippen molar-refractivity contribution < 1.29 is 18.4 Å². The van der Waals surface area contributed by atoms with Gasteiger partial charge in [-0.2, -0.15) is 0 Å². The highest BCUT2D eigenvalue weighted by Gasteiger charge is 2.33. The second-order valence-corrected chi connectivity index (χ2v) is 6.66. The number of nitrogens with zero attached hydrogens (tertiary/aromatic N) is 1. The van der Waals surface area contributed by atoms with E-state index in [1.165, 1.54) is 17.0 Å². The Morgan fingerprint density at radius 1 is 1.38 bits per heavy atom. The first-order valence-corrected chi connectivity index (χ1v) is 8.37. The number of halogens is 2. The SMILES string of the molecule is CC(C)CCNC(=O)CC1CCC(=O)N1Cc1cccc(F)c1F. The van der Waals surface area contributed by atoms with Crippen LogP contribution in [-0.4, -0.2) is 29.3 Å². The molecule has 1 N–H and O–H groups in total. The molecule has 132 valence electrons. The van der Waals surface area contributed by atoms with Crippen LogP contribution in [-0.2, 0) is 16.1 Å². The quantitative estimate of drug-likeness (QED) is 0.831. The molecular weight excluding hydrogens is 314 g/mol. The lowest BCUT2D eigenvalue weighted by Gasteiger charge is -2.25. The van der Waals surface area contributed by atoms with Crippen molar-refractivity contribution in [2.75, 3.05) is 6.54 Å². The van der Waals surface area contributed by atoms with Crippen LogP contribution in [0.4, 0.5) is 8.78 Å². The molecule has 1 saturated heterocycles. The summed E-state index contributed by atoms with van der Waals surface area (Å²) >= 11 is 0. The molecule has 6 heteroatoms. The fraction of sp³-hybridized carbons (Fsp3) is 0.556. The smallest absolute Gasteiger partial charge is 0.223 e. The average Bonchev–Trinajstić information content (AvgIpc) is 2.84. The number of benzene rings is 1.